The maximum Gasteiger partial charge on any atom is 0.282 e. The molecule has 0 N–H and O–H groups in total. The number of hydrogen-bond donors (Lipinski definition) is 0. The predicted molar refractivity (Wildman–Crippen MR) is 101 cm³/mol. The van der Waals surface area contributed by atoms with E-state index in [1.807, 2.05) is 24.3 Å². The van der Waals surface area contributed by atoms with Gasteiger partial charge in [0.05, 0.1) is 4.90 Å². The monoisotopic (exact) mass is 379 g/mol. The van der Waals surface area contributed by atoms with E-state index < -0.39 is 10.0 Å². The average Bonchev–Trinajstić information content (AvgIpc) is 3.29. The molecule has 4 aromatic rings. The molecule has 1 aliphatic rings. The van der Waals surface area contributed by atoms with Gasteiger partial charge in [0.15, 0.2) is 11.5 Å². The molecule has 1 aromatic heterocycles. The van der Waals surface area contributed by atoms with Crippen molar-refractivity contribution in [2.24, 2.45) is 4.40 Å². The fraction of sp³-hybridized carbons (Fsp3) is 0.0500. The van der Waals surface area contributed by atoms with Gasteiger partial charge in [-0.15, -0.1) is 0 Å². The molecule has 0 amide bonds. The normalized spacial score (nSPS) is 13.8. The van der Waals surface area contributed by atoms with Crippen molar-refractivity contribution in [3.63, 3.8) is 0 Å². The van der Waals surface area contributed by atoms with Crippen LogP contribution in [0.2, 0.25) is 0 Å². The molecular weight excluding hydrogens is 366 g/mol. The molecule has 0 saturated heterocycles. The number of furan rings is 1. The van der Waals surface area contributed by atoms with E-state index in [-0.39, 0.29) is 11.7 Å². The zero-order chi connectivity index (χ0) is 18.4. The number of rotatable bonds is 3. The van der Waals surface area contributed by atoms with Crippen molar-refractivity contribution < 1.29 is 22.3 Å². The van der Waals surface area contributed by atoms with E-state index in [1.54, 1.807) is 30.3 Å². The second-order valence-electron chi connectivity index (χ2n) is 6.08. The van der Waals surface area contributed by atoms with E-state index in [0.29, 0.717) is 28.2 Å². The van der Waals surface area contributed by atoms with E-state index in [4.69, 9.17) is 13.9 Å². The molecule has 27 heavy (non-hydrogen) atoms. The lowest BCUT2D eigenvalue weighted by Crippen LogP contribution is -1.97. The van der Waals surface area contributed by atoms with Gasteiger partial charge in [0.1, 0.15) is 11.2 Å². The van der Waals surface area contributed by atoms with Crippen LogP contribution < -0.4 is 9.47 Å². The first-order valence-electron chi connectivity index (χ1n) is 8.21. The minimum absolute atomic E-state index is 0.110. The summed E-state index contributed by atoms with van der Waals surface area (Å²) >= 11 is 0. The average molecular weight is 379 g/mol. The minimum Gasteiger partial charge on any atom is -0.456 e. The van der Waals surface area contributed by atoms with Crippen molar-refractivity contribution in [2.75, 3.05) is 6.79 Å². The maximum atomic E-state index is 12.7. The van der Waals surface area contributed by atoms with Crippen molar-refractivity contribution in [2.45, 2.75) is 4.90 Å². The number of hydrogen-bond acceptors (Lipinski definition) is 5. The quantitative estimate of drug-likeness (QED) is 0.500. The van der Waals surface area contributed by atoms with Crippen LogP contribution in [-0.2, 0) is 10.0 Å². The molecule has 0 atom stereocenters. The van der Waals surface area contributed by atoms with Gasteiger partial charge in [0.2, 0.25) is 6.79 Å². The number of sulfonamides is 1. The summed E-state index contributed by atoms with van der Waals surface area (Å²) in [5.41, 5.74) is 1.96. The first-order valence-corrected chi connectivity index (χ1v) is 9.65. The van der Waals surface area contributed by atoms with Gasteiger partial charge in [0, 0.05) is 17.0 Å². The first kappa shape index (κ1) is 15.9. The SMILES string of the molecule is O=S(=O)(/N=C/c1ccc2c(c1)OCO2)c1ccc2oc3ccccc3c2c1. The highest BCUT2D eigenvalue weighted by atomic mass is 32.2. The van der Waals surface area contributed by atoms with Crippen molar-refractivity contribution in [1.29, 1.82) is 0 Å². The van der Waals surface area contributed by atoms with Crippen molar-refractivity contribution >= 4 is 38.2 Å². The Morgan fingerprint density at radius 2 is 1.67 bits per heavy atom. The van der Waals surface area contributed by atoms with E-state index in [0.717, 1.165) is 10.8 Å². The highest BCUT2D eigenvalue weighted by molar-refractivity contribution is 7.90. The standard InChI is InChI=1S/C20H13NO5S/c22-27(23,21-11-13-5-7-19-20(9-13)25-12-24-19)14-6-8-18-16(10-14)15-3-1-2-4-17(15)26-18/h1-11H,12H2/b21-11+. The molecule has 134 valence electrons. The molecule has 7 heteroatoms. The molecule has 6 nitrogen and oxygen atoms in total. The smallest absolute Gasteiger partial charge is 0.282 e. The number of benzene rings is 3. The Morgan fingerprint density at radius 3 is 2.59 bits per heavy atom. The molecule has 0 spiro atoms. The Morgan fingerprint density at radius 1 is 0.852 bits per heavy atom. The summed E-state index contributed by atoms with van der Waals surface area (Å²) in [6, 6.07) is 17.4. The molecule has 0 unspecified atom stereocenters. The summed E-state index contributed by atoms with van der Waals surface area (Å²) < 4.78 is 45.4. The van der Waals surface area contributed by atoms with E-state index in [9.17, 15) is 8.42 Å². The van der Waals surface area contributed by atoms with Crippen LogP contribution in [0.4, 0.5) is 0 Å². The maximum absolute atomic E-state index is 12.7. The third-order valence-electron chi connectivity index (χ3n) is 4.38. The van der Waals surface area contributed by atoms with Gasteiger partial charge in [-0.25, -0.2) is 0 Å². The van der Waals surface area contributed by atoms with Gasteiger partial charge >= 0.3 is 0 Å². The van der Waals surface area contributed by atoms with Crippen molar-refractivity contribution in [3.05, 3.63) is 66.2 Å². The Kier molecular flexibility index (Phi) is 3.45. The van der Waals surface area contributed by atoms with Crippen LogP contribution in [0.3, 0.4) is 0 Å². The Balaban J connectivity index is 1.53. The molecule has 2 heterocycles. The van der Waals surface area contributed by atoms with Crippen LogP contribution in [0.25, 0.3) is 21.9 Å². The van der Waals surface area contributed by atoms with Crippen LogP contribution in [0.5, 0.6) is 11.5 Å². The number of nitrogens with zero attached hydrogens (tertiary/aromatic N) is 1. The predicted octanol–water partition coefficient (Wildman–Crippen LogP) is 4.12. The topological polar surface area (TPSA) is 78.1 Å². The zero-order valence-electron chi connectivity index (χ0n) is 14.0. The second-order valence-corrected chi connectivity index (χ2v) is 7.71. The molecule has 3 aromatic carbocycles. The Bertz CT molecular complexity index is 1320. The third kappa shape index (κ3) is 2.72. The highest BCUT2D eigenvalue weighted by Gasteiger charge is 2.16. The second kappa shape index (κ2) is 5.85. The third-order valence-corrected chi connectivity index (χ3v) is 5.62. The molecule has 0 fully saturated rings. The Hall–Kier alpha value is -3.32. The van der Waals surface area contributed by atoms with Crippen LogP contribution in [0.1, 0.15) is 5.56 Å². The minimum atomic E-state index is -3.85. The lowest BCUT2D eigenvalue weighted by atomic mass is 10.1. The van der Waals surface area contributed by atoms with E-state index in [2.05, 4.69) is 4.40 Å². The lowest BCUT2D eigenvalue weighted by molar-refractivity contribution is 0.174. The van der Waals surface area contributed by atoms with Crippen LogP contribution in [-0.4, -0.2) is 21.4 Å². The summed E-state index contributed by atoms with van der Waals surface area (Å²) in [6.45, 7) is 0.160. The van der Waals surface area contributed by atoms with E-state index >= 15 is 0 Å². The zero-order valence-corrected chi connectivity index (χ0v) is 14.8. The number of fused-ring (bicyclic) bond motifs is 4. The molecule has 0 radical (unpaired) electrons. The van der Waals surface area contributed by atoms with Crippen LogP contribution in [0.15, 0.2) is 74.4 Å². The highest BCUT2D eigenvalue weighted by Crippen LogP contribution is 2.33. The lowest BCUT2D eigenvalue weighted by Gasteiger charge is -2.00. The molecule has 0 aliphatic carbocycles. The van der Waals surface area contributed by atoms with Gasteiger partial charge < -0.3 is 13.9 Å². The molecule has 5 rings (SSSR count). The number of ether oxygens (including phenoxy) is 2. The van der Waals surface area contributed by atoms with Gasteiger partial charge in [-0.2, -0.15) is 12.8 Å². The molecule has 1 aliphatic heterocycles. The van der Waals surface area contributed by atoms with Crippen molar-refractivity contribution in [1.82, 2.24) is 0 Å². The fourth-order valence-corrected chi connectivity index (χ4v) is 3.94. The fourth-order valence-electron chi connectivity index (χ4n) is 3.05. The van der Waals surface area contributed by atoms with Crippen molar-refractivity contribution in [3.8, 4) is 11.5 Å². The van der Waals surface area contributed by atoms with Crippen LogP contribution >= 0.6 is 0 Å². The summed E-state index contributed by atoms with van der Waals surface area (Å²) in [6.07, 6.45) is 1.30. The summed E-state index contributed by atoms with van der Waals surface area (Å²) in [4.78, 5) is 0.110. The summed E-state index contributed by atoms with van der Waals surface area (Å²) in [5, 5.41) is 1.61. The summed E-state index contributed by atoms with van der Waals surface area (Å²) in [7, 11) is -3.85. The van der Waals surface area contributed by atoms with Gasteiger partial charge in [-0.05, 0) is 48.0 Å². The van der Waals surface area contributed by atoms with Gasteiger partial charge in [-0.3, -0.25) is 0 Å². The van der Waals surface area contributed by atoms with Gasteiger partial charge in [0.25, 0.3) is 10.0 Å². The molecular formula is C20H13NO5S. The van der Waals surface area contributed by atoms with Gasteiger partial charge in [-0.1, -0.05) is 18.2 Å². The van der Waals surface area contributed by atoms with Crippen LogP contribution in [0, 0.1) is 0 Å². The summed E-state index contributed by atoms with van der Waals surface area (Å²) in [5.74, 6) is 1.20. The van der Waals surface area contributed by atoms with E-state index in [1.165, 1.54) is 12.3 Å². The largest absolute Gasteiger partial charge is 0.456 e. The Labute approximate surface area is 154 Å². The molecule has 0 saturated carbocycles. The molecule has 0 bridgehead atoms. The first-order chi connectivity index (χ1) is 13.1. The number of para-hydroxylation sites is 1.